The molecule has 0 unspecified atom stereocenters. The summed E-state index contributed by atoms with van der Waals surface area (Å²) in [7, 11) is 3.58. The van der Waals surface area contributed by atoms with Gasteiger partial charge in [0.2, 0.25) is 0 Å². The molecule has 0 saturated carbocycles. The van der Waals surface area contributed by atoms with Gasteiger partial charge in [-0.25, -0.2) is 9.37 Å². The fraction of sp³-hybridized carbons (Fsp3) is 0.455. The molecular formula is C11H16FN3O. The Kier molecular flexibility index (Phi) is 4.85. The van der Waals surface area contributed by atoms with Gasteiger partial charge in [-0.2, -0.15) is 0 Å². The van der Waals surface area contributed by atoms with Crippen molar-refractivity contribution >= 4 is 5.91 Å². The van der Waals surface area contributed by atoms with Crippen LogP contribution in [-0.4, -0.2) is 43.0 Å². The number of hydrogen-bond donors (Lipinski definition) is 1. The number of nitrogens with zero attached hydrogens (tertiary/aromatic N) is 2. The van der Waals surface area contributed by atoms with Gasteiger partial charge in [-0.15, -0.1) is 0 Å². The lowest BCUT2D eigenvalue weighted by Crippen LogP contribution is -2.30. The van der Waals surface area contributed by atoms with Gasteiger partial charge >= 0.3 is 0 Å². The van der Waals surface area contributed by atoms with Crippen molar-refractivity contribution in [1.29, 1.82) is 0 Å². The Morgan fingerprint density at radius 2 is 2.31 bits per heavy atom. The first-order valence-corrected chi connectivity index (χ1v) is 5.16. The second-order valence-corrected chi connectivity index (χ2v) is 3.55. The predicted octanol–water partition coefficient (Wildman–Crippen LogP) is 0.902. The molecule has 0 radical (unpaired) electrons. The second-order valence-electron chi connectivity index (χ2n) is 3.55. The van der Waals surface area contributed by atoms with Crippen molar-refractivity contribution in [3.63, 3.8) is 0 Å². The van der Waals surface area contributed by atoms with E-state index in [1.54, 1.807) is 11.9 Å². The molecule has 4 nitrogen and oxygen atoms in total. The first kappa shape index (κ1) is 12.6. The zero-order chi connectivity index (χ0) is 12.0. The van der Waals surface area contributed by atoms with Crippen molar-refractivity contribution in [3.05, 3.63) is 29.8 Å². The van der Waals surface area contributed by atoms with Gasteiger partial charge in [0.25, 0.3) is 5.91 Å². The van der Waals surface area contributed by atoms with Crippen LogP contribution in [0.15, 0.2) is 18.3 Å². The standard InChI is InChI=1S/C11H16FN3O/c1-13-6-3-7-15(2)11(16)10-5-4-9(12)8-14-10/h4-5,8,13H,3,6-7H2,1-2H3. The lowest BCUT2D eigenvalue weighted by atomic mass is 10.3. The van der Waals surface area contributed by atoms with Crippen LogP contribution >= 0.6 is 0 Å². The van der Waals surface area contributed by atoms with Gasteiger partial charge in [0.05, 0.1) is 6.20 Å². The Balaban J connectivity index is 2.53. The second kappa shape index (κ2) is 6.17. The fourth-order valence-electron chi connectivity index (χ4n) is 1.29. The summed E-state index contributed by atoms with van der Waals surface area (Å²) < 4.78 is 12.6. The van der Waals surface area contributed by atoms with Gasteiger partial charge in [-0.3, -0.25) is 4.79 Å². The first-order chi connectivity index (χ1) is 7.65. The number of carbonyl (C=O) groups excluding carboxylic acids is 1. The molecule has 0 bridgehead atoms. The van der Waals surface area contributed by atoms with Crippen LogP contribution in [0.1, 0.15) is 16.9 Å². The zero-order valence-corrected chi connectivity index (χ0v) is 9.53. The summed E-state index contributed by atoms with van der Waals surface area (Å²) in [6.07, 6.45) is 1.93. The molecule has 1 heterocycles. The Morgan fingerprint density at radius 1 is 1.56 bits per heavy atom. The SMILES string of the molecule is CNCCCN(C)C(=O)c1ccc(F)cn1. The summed E-state index contributed by atoms with van der Waals surface area (Å²) in [6.45, 7) is 1.51. The van der Waals surface area contributed by atoms with E-state index in [-0.39, 0.29) is 11.6 Å². The van der Waals surface area contributed by atoms with E-state index in [0.717, 1.165) is 19.2 Å². The third-order valence-corrected chi connectivity index (χ3v) is 2.21. The number of amides is 1. The summed E-state index contributed by atoms with van der Waals surface area (Å²) in [5.74, 6) is -0.620. The van der Waals surface area contributed by atoms with Crippen LogP contribution in [0.2, 0.25) is 0 Å². The zero-order valence-electron chi connectivity index (χ0n) is 9.53. The van der Waals surface area contributed by atoms with Gasteiger partial charge in [0.1, 0.15) is 11.5 Å². The van der Waals surface area contributed by atoms with Crippen molar-refractivity contribution < 1.29 is 9.18 Å². The smallest absolute Gasteiger partial charge is 0.272 e. The van der Waals surface area contributed by atoms with Gasteiger partial charge in [0, 0.05) is 13.6 Å². The average Bonchev–Trinajstić information content (AvgIpc) is 2.29. The quantitative estimate of drug-likeness (QED) is 0.757. The fourth-order valence-corrected chi connectivity index (χ4v) is 1.29. The molecule has 0 fully saturated rings. The summed E-state index contributed by atoms with van der Waals surface area (Å²) in [6, 6.07) is 2.63. The first-order valence-electron chi connectivity index (χ1n) is 5.16. The third kappa shape index (κ3) is 3.58. The number of pyridine rings is 1. The van der Waals surface area contributed by atoms with Crippen LogP contribution in [0.5, 0.6) is 0 Å². The third-order valence-electron chi connectivity index (χ3n) is 2.21. The van der Waals surface area contributed by atoms with E-state index in [1.807, 2.05) is 7.05 Å². The molecule has 1 aromatic heterocycles. The molecule has 88 valence electrons. The number of hydrogen-bond acceptors (Lipinski definition) is 3. The van der Waals surface area contributed by atoms with Crippen LogP contribution in [0, 0.1) is 5.82 Å². The summed E-state index contributed by atoms with van der Waals surface area (Å²) in [5.41, 5.74) is 0.272. The van der Waals surface area contributed by atoms with Crippen molar-refractivity contribution in [1.82, 2.24) is 15.2 Å². The summed E-state index contributed by atoms with van der Waals surface area (Å²) in [5, 5.41) is 3.01. The van der Waals surface area contributed by atoms with Gasteiger partial charge in [-0.1, -0.05) is 0 Å². The Labute approximate surface area is 94.5 Å². The molecule has 16 heavy (non-hydrogen) atoms. The van der Waals surface area contributed by atoms with E-state index in [2.05, 4.69) is 10.3 Å². The number of halogens is 1. The van der Waals surface area contributed by atoms with Crippen molar-refractivity contribution in [2.24, 2.45) is 0 Å². The van der Waals surface area contributed by atoms with Crippen molar-refractivity contribution in [2.75, 3.05) is 27.2 Å². The summed E-state index contributed by atoms with van der Waals surface area (Å²) >= 11 is 0. The molecule has 1 N–H and O–H groups in total. The molecular weight excluding hydrogens is 209 g/mol. The van der Waals surface area contributed by atoms with E-state index in [0.29, 0.717) is 6.54 Å². The predicted molar refractivity (Wildman–Crippen MR) is 59.7 cm³/mol. The molecule has 5 heteroatoms. The molecule has 0 aliphatic heterocycles. The maximum absolute atomic E-state index is 12.6. The van der Waals surface area contributed by atoms with Gasteiger partial charge in [-0.05, 0) is 32.1 Å². The summed E-state index contributed by atoms with van der Waals surface area (Å²) in [4.78, 5) is 17.1. The van der Waals surface area contributed by atoms with Crippen LogP contribution in [0.3, 0.4) is 0 Å². The molecule has 1 rings (SSSR count). The Bertz CT molecular complexity index is 340. The van der Waals surface area contributed by atoms with Crippen LogP contribution < -0.4 is 5.32 Å². The van der Waals surface area contributed by atoms with Gasteiger partial charge < -0.3 is 10.2 Å². The minimum Gasteiger partial charge on any atom is -0.340 e. The van der Waals surface area contributed by atoms with E-state index in [1.165, 1.54) is 12.1 Å². The van der Waals surface area contributed by atoms with E-state index < -0.39 is 5.82 Å². The highest BCUT2D eigenvalue weighted by molar-refractivity contribution is 5.91. The molecule has 0 saturated heterocycles. The average molecular weight is 225 g/mol. The minimum absolute atomic E-state index is 0.184. The van der Waals surface area contributed by atoms with Crippen LogP contribution in [0.25, 0.3) is 0 Å². The number of carbonyl (C=O) groups is 1. The monoisotopic (exact) mass is 225 g/mol. The molecule has 0 spiro atoms. The lowest BCUT2D eigenvalue weighted by Gasteiger charge is -2.16. The van der Waals surface area contributed by atoms with E-state index in [9.17, 15) is 9.18 Å². The lowest BCUT2D eigenvalue weighted by molar-refractivity contribution is 0.0788. The Hall–Kier alpha value is -1.49. The number of nitrogens with one attached hydrogen (secondary N) is 1. The highest BCUT2D eigenvalue weighted by Gasteiger charge is 2.12. The Morgan fingerprint density at radius 3 is 2.88 bits per heavy atom. The van der Waals surface area contributed by atoms with Crippen molar-refractivity contribution in [2.45, 2.75) is 6.42 Å². The molecule has 0 atom stereocenters. The maximum Gasteiger partial charge on any atom is 0.272 e. The highest BCUT2D eigenvalue weighted by atomic mass is 19.1. The molecule has 1 aromatic rings. The minimum atomic E-state index is -0.436. The van der Waals surface area contributed by atoms with Crippen LogP contribution in [-0.2, 0) is 0 Å². The molecule has 0 aromatic carbocycles. The number of rotatable bonds is 5. The molecule has 0 aliphatic carbocycles. The van der Waals surface area contributed by atoms with E-state index in [4.69, 9.17) is 0 Å². The van der Waals surface area contributed by atoms with Crippen LogP contribution in [0.4, 0.5) is 4.39 Å². The van der Waals surface area contributed by atoms with Gasteiger partial charge in [0.15, 0.2) is 0 Å². The maximum atomic E-state index is 12.6. The van der Waals surface area contributed by atoms with Crippen molar-refractivity contribution in [3.8, 4) is 0 Å². The number of aromatic nitrogens is 1. The largest absolute Gasteiger partial charge is 0.340 e. The molecule has 0 aliphatic rings. The topological polar surface area (TPSA) is 45.2 Å². The molecule has 1 amide bonds. The highest BCUT2D eigenvalue weighted by Crippen LogP contribution is 2.02. The normalized spacial score (nSPS) is 10.2. The van der Waals surface area contributed by atoms with E-state index >= 15 is 0 Å².